The van der Waals surface area contributed by atoms with E-state index in [2.05, 4.69) is 40.0 Å². The largest absolute Gasteiger partial charge is 0.479 e. The van der Waals surface area contributed by atoms with Gasteiger partial charge < -0.3 is 14.2 Å². The fraction of sp³-hybridized carbons (Fsp3) is 0.583. The molecule has 0 saturated carbocycles. The van der Waals surface area contributed by atoms with Gasteiger partial charge in [-0.2, -0.15) is 14.9 Å². The molecule has 2 atom stereocenters. The minimum Gasteiger partial charge on any atom is -0.479 e. The summed E-state index contributed by atoms with van der Waals surface area (Å²) < 4.78 is 22.3. The highest BCUT2D eigenvalue weighted by Crippen LogP contribution is 2.35. The first-order valence-corrected chi connectivity index (χ1v) is 13.6. The van der Waals surface area contributed by atoms with Crippen molar-refractivity contribution < 1.29 is 14.2 Å². The van der Waals surface area contributed by atoms with E-state index < -0.39 is 11.6 Å². The third-order valence-corrected chi connectivity index (χ3v) is 6.72. The van der Waals surface area contributed by atoms with Crippen molar-refractivity contribution in [3.05, 3.63) is 40.3 Å². The predicted octanol–water partition coefficient (Wildman–Crippen LogP) is 5.00. The molecule has 13 nitrogen and oxygen atoms in total. The first-order valence-electron chi connectivity index (χ1n) is 12.4. The highest BCUT2D eigenvalue weighted by molar-refractivity contribution is 8.01. The van der Waals surface area contributed by atoms with E-state index >= 15 is 0 Å². The van der Waals surface area contributed by atoms with E-state index in [0.717, 1.165) is 0 Å². The van der Waals surface area contributed by atoms with Gasteiger partial charge >= 0.3 is 0 Å². The fourth-order valence-electron chi connectivity index (χ4n) is 3.69. The Morgan fingerprint density at radius 3 is 2.28 bits per heavy atom. The van der Waals surface area contributed by atoms with E-state index in [4.69, 9.17) is 25.8 Å². The molecule has 15 heteroatoms. The smallest absolute Gasteiger partial charge is 0.245 e. The van der Waals surface area contributed by atoms with Crippen LogP contribution in [0.1, 0.15) is 65.2 Å². The highest BCUT2D eigenvalue weighted by atomic mass is 35.5. The topological polar surface area (TPSA) is 151 Å². The molecule has 3 heterocycles. The van der Waals surface area contributed by atoms with Gasteiger partial charge in [0.25, 0.3) is 0 Å². The van der Waals surface area contributed by atoms with Gasteiger partial charge in [0, 0.05) is 18.8 Å². The lowest BCUT2D eigenvalue weighted by molar-refractivity contribution is 0.00286. The quantitative estimate of drug-likeness (QED) is 0.190. The number of anilines is 1. The molecule has 3 aromatic heterocycles. The molecule has 0 fully saturated rings. The summed E-state index contributed by atoms with van der Waals surface area (Å²) in [7, 11) is 3.02. The van der Waals surface area contributed by atoms with Crippen molar-refractivity contribution in [1.82, 2.24) is 34.7 Å². The standard InChI is InChI=1S/C24H34ClN9O4S/c1-14(2)38-19(20-26-11-16(25)12-27-20)15(3)39-32-23-31-30-17(9-8-10-24(4,5)33-35)34(23)18-21(36-6)28-13-29-22(18)37-7/h11-15,19H,8-10H2,1-7H3,(H,31,32)/t15?,19-/m1/s1. The van der Waals surface area contributed by atoms with Crippen LogP contribution in [0.2, 0.25) is 5.02 Å². The van der Waals surface area contributed by atoms with Gasteiger partial charge in [0.2, 0.25) is 17.7 Å². The number of nitrogens with zero attached hydrogens (tertiary/aromatic N) is 8. The van der Waals surface area contributed by atoms with Crippen LogP contribution in [0.3, 0.4) is 0 Å². The van der Waals surface area contributed by atoms with Crippen LogP contribution in [0, 0.1) is 4.91 Å². The second kappa shape index (κ2) is 13.8. The molecule has 0 aliphatic rings. The maximum absolute atomic E-state index is 11.1. The lowest BCUT2D eigenvalue weighted by atomic mass is 9.98. The molecule has 0 aliphatic carbocycles. The molecule has 0 amide bonds. The summed E-state index contributed by atoms with van der Waals surface area (Å²) in [5, 5.41) is 12.3. The van der Waals surface area contributed by atoms with Crippen LogP contribution < -0.4 is 14.2 Å². The number of methoxy groups -OCH3 is 2. The summed E-state index contributed by atoms with van der Waals surface area (Å²) in [5.74, 6) is 2.10. The Kier molecular flexibility index (Phi) is 10.8. The number of aryl methyl sites for hydroxylation is 1. The number of halogens is 1. The number of aromatic nitrogens is 7. The molecule has 212 valence electrons. The van der Waals surface area contributed by atoms with Crippen LogP contribution in [0.5, 0.6) is 11.8 Å². The molecule has 0 aromatic carbocycles. The Bertz CT molecular complexity index is 1200. The monoisotopic (exact) mass is 579 g/mol. The third kappa shape index (κ3) is 7.96. The number of hydrogen-bond donors (Lipinski definition) is 1. The second-order valence-electron chi connectivity index (χ2n) is 9.56. The van der Waals surface area contributed by atoms with E-state index in [9.17, 15) is 4.91 Å². The zero-order valence-corrected chi connectivity index (χ0v) is 24.7. The van der Waals surface area contributed by atoms with Crippen molar-refractivity contribution in [3.8, 4) is 17.4 Å². The van der Waals surface area contributed by atoms with E-state index in [0.29, 0.717) is 47.6 Å². The normalized spacial score (nSPS) is 13.3. The number of rotatable bonds is 15. The van der Waals surface area contributed by atoms with Gasteiger partial charge in [0.15, 0.2) is 11.5 Å². The summed E-state index contributed by atoms with van der Waals surface area (Å²) in [5.41, 5.74) is -0.237. The zero-order chi connectivity index (χ0) is 28.6. The maximum Gasteiger partial charge on any atom is 0.245 e. The van der Waals surface area contributed by atoms with Crippen molar-refractivity contribution >= 4 is 29.5 Å². The van der Waals surface area contributed by atoms with Gasteiger partial charge in [-0.3, -0.25) is 9.29 Å². The summed E-state index contributed by atoms with van der Waals surface area (Å²) >= 11 is 7.36. The molecule has 0 saturated heterocycles. The SMILES string of the molecule is COc1ncnc(OC)c1-n1c(CCCC(C)(C)N=O)nnc1NSC(C)[C@@H](OC(C)C)c1ncc(Cl)cn1. The average molecular weight is 580 g/mol. The van der Waals surface area contributed by atoms with Gasteiger partial charge in [-0.15, -0.1) is 10.2 Å². The van der Waals surface area contributed by atoms with E-state index in [1.165, 1.54) is 32.5 Å². The van der Waals surface area contributed by atoms with Gasteiger partial charge in [-0.1, -0.05) is 16.8 Å². The molecule has 3 aromatic rings. The molecule has 1 N–H and O–H groups in total. The van der Waals surface area contributed by atoms with E-state index in [1.54, 1.807) is 30.8 Å². The number of ether oxygens (including phenoxy) is 3. The number of nitrogens with one attached hydrogen (secondary N) is 1. The van der Waals surface area contributed by atoms with Gasteiger partial charge in [0.1, 0.15) is 18.3 Å². The Balaban J connectivity index is 1.93. The van der Waals surface area contributed by atoms with E-state index in [-0.39, 0.29) is 23.1 Å². The first kappa shape index (κ1) is 30.4. The van der Waals surface area contributed by atoms with Gasteiger partial charge in [-0.05, 0) is 59.4 Å². The summed E-state index contributed by atoms with van der Waals surface area (Å²) in [6, 6.07) is 0. The summed E-state index contributed by atoms with van der Waals surface area (Å²) in [4.78, 5) is 28.4. The van der Waals surface area contributed by atoms with Gasteiger partial charge in [0.05, 0.1) is 36.1 Å². The lowest BCUT2D eigenvalue weighted by Crippen LogP contribution is -2.23. The molecular weight excluding hydrogens is 546 g/mol. The van der Waals surface area contributed by atoms with Crippen molar-refractivity contribution in [2.24, 2.45) is 5.18 Å². The van der Waals surface area contributed by atoms with Crippen LogP contribution in [-0.2, 0) is 11.2 Å². The predicted molar refractivity (Wildman–Crippen MR) is 150 cm³/mol. The van der Waals surface area contributed by atoms with Crippen LogP contribution in [0.4, 0.5) is 5.95 Å². The van der Waals surface area contributed by atoms with Crippen LogP contribution in [0.25, 0.3) is 5.69 Å². The van der Waals surface area contributed by atoms with Crippen molar-refractivity contribution in [2.45, 2.75) is 76.9 Å². The van der Waals surface area contributed by atoms with E-state index in [1.807, 2.05) is 20.8 Å². The number of hydrogen-bond acceptors (Lipinski definition) is 13. The van der Waals surface area contributed by atoms with Crippen molar-refractivity contribution in [2.75, 3.05) is 18.9 Å². The number of nitroso groups, excluding NO2 is 1. The maximum atomic E-state index is 11.1. The molecule has 39 heavy (non-hydrogen) atoms. The molecule has 0 aliphatic heterocycles. The minimum absolute atomic E-state index is 0.0623. The van der Waals surface area contributed by atoms with Crippen molar-refractivity contribution in [1.29, 1.82) is 0 Å². The molecule has 1 unspecified atom stereocenters. The average Bonchev–Trinajstić information content (AvgIpc) is 3.32. The second-order valence-corrected chi connectivity index (χ2v) is 11.2. The molecule has 0 spiro atoms. The molecule has 0 bridgehead atoms. The lowest BCUT2D eigenvalue weighted by Gasteiger charge is -2.25. The first-order chi connectivity index (χ1) is 18.6. The van der Waals surface area contributed by atoms with Crippen LogP contribution in [0.15, 0.2) is 23.9 Å². The highest BCUT2D eigenvalue weighted by Gasteiger charge is 2.28. The summed E-state index contributed by atoms with van der Waals surface area (Å²) in [6.45, 7) is 9.49. The Morgan fingerprint density at radius 2 is 1.72 bits per heavy atom. The minimum atomic E-state index is -0.683. The van der Waals surface area contributed by atoms with Crippen LogP contribution >= 0.6 is 23.5 Å². The van der Waals surface area contributed by atoms with Crippen molar-refractivity contribution in [3.63, 3.8) is 0 Å². The van der Waals surface area contributed by atoms with Gasteiger partial charge in [-0.25, -0.2) is 9.97 Å². The fourth-order valence-corrected chi connectivity index (χ4v) is 4.52. The molecular formula is C24H34ClN9O4S. The Morgan fingerprint density at radius 1 is 1.08 bits per heavy atom. The Hall–Kier alpha value is -3.10. The third-order valence-electron chi connectivity index (χ3n) is 5.61. The summed E-state index contributed by atoms with van der Waals surface area (Å²) in [6.07, 6.45) is 5.68. The molecule has 0 radical (unpaired) electrons. The Labute approximate surface area is 237 Å². The van der Waals surface area contributed by atoms with Crippen LogP contribution in [-0.4, -0.2) is 65.8 Å². The zero-order valence-electron chi connectivity index (χ0n) is 23.1. The molecule has 3 rings (SSSR count).